The fourth-order valence-corrected chi connectivity index (χ4v) is 2.52. The van der Waals surface area contributed by atoms with E-state index in [4.69, 9.17) is 0 Å². The summed E-state index contributed by atoms with van der Waals surface area (Å²) in [6, 6.07) is 7.69. The Morgan fingerprint density at radius 2 is 1.50 bits per heavy atom. The first-order valence-corrected chi connectivity index (χ1v) is 8.85. The van der Waals surface area contributed by atoms with E-state index in [-0.39, 0.29) is 5.91 Å². The van der Waals surface area contributed by atoms with Crippen LogP contribution in [0.25, 0.3) is 0 Å². The van der Waals surface area contributed by atoms with Crippen LogP contribution < -0.4 is 5.32 Å². The number of halogens is 1. The first-order valence-electron chi connectivity index (χ1n) is 7.78. The van der Waals surface area contributed by atoms with Gasteiger partial charge in [-0.05, 0) is 53.3 Å². The summed E-state index contributed by atoms with van der Waals surface area (Å²) in [6.07, 6.45) is 10.4. The number of hydrogen-bond donors (Lipinski definition) is 1. The predicted octanol–water partition coefficient (Wildman–Crippen LogP) is 5.16. The van der Waals surface area contributed by atoms with Gasteiger partial charge in [0.1, 0.15) is 0 Å². The third kappa shape index (κ3) is 7.88. The molecule has 1 aromatic carbocycles. The zero-order chi connectivity index (χ0) is 14.6. The molecule has 3 heteroatoms. The number of amides is 1. The third-order valence-electron chi connectivity index (χ3n) is 3.42. The maximum Gasteiger partial charge on any atom is 0.251 e. The smallest absolute Gasteiger partial charge is 0.251 e. The van der Waals surface area contributed by atoms with Gasteiger partial charge in [0.2, 0.25) is 0 Å². The molecular weight excluding hydrogens is 361 g/mol. The van der Waals surface area contributed by atoms with Crippen LogP contribution in [0.5, 0.6) is 0 Å². The Bertz CT molecular complexity index is 375. The Labute approximate surface area is 136 Å². The highest BCUT2D eigenvalue weighted by Gasteiger charge is 2.03. The first kappa shape index (κ1) is 17.5. The number of carbonyl (C=O) groups is 1. The number of hydrogen-bond acceptors (Lipinski definition) is 1. The topological polar surface area (TPSA) is 29.1 Å². The summed E-state index contributed by atoms with van der Waals surface area (Å²) in [7, 11) is 0. The van der Waals surface area contributed by atoms with Gasteiger partial charge in [-0.25, -0.2) is 0 Å². The van der Waals surface area contributed by atoms with E-state index in [0.29, 0.717) is 0 Å². The van der Waals surface area contributed by atoms with E-state index in [1.807, 2.05) is 24.3 Å². The van der Waals surface area contributed by atoms with E-state index in [1.54, 1.807) is 0 Å². The molecule has 0 heterocycles. The summed E-state index contributed by atoms with van der Waals surface area (Å²) in [5, 5.41) is 2.99. The molecule has 1 N–H and O–H groups in total. The van der Waals surface area contributed by atoms with Crippen LogP contribution in [-0.4, -0.2) is 12.5 Å². The third-order valence-corrected chi connectivity index (χ3v) is 4.14. The Morgan fingerprint density at radius 3 is 2.10 bits per heavy atom. The van der Waals surface area contributed by atoms with E-state index in [2.05, 4.69) is 34.8 Å². The lowest BCUT2D eigenvalue weighted by molar-refractivity contribution is 0.0953. The lowest BCUT2D eigenvalue weighted by Crippen LogP contribution is -2.24. The fraction of sp³-hybridized carbons (Fsp3) is 0.588. The molecule has 20 heavy (non-hydrogen) atoms. The molecule has 1 rings (SSSR count). The molecule has 0 spiro atoms. The van der Waals surface area contributed by atoms with Gasteiger partial charge in [0.15, 0.2) is 0 Å². The van der Waals surface area contributed by atoms with Crippen LogP contribution in [0.3, 0.4) is 0 Å². The minimum Gasteiger partial charge on any atom is -0.352 e. The van der Waals surface area contributed by atoms with Gasteiger partial charge in [0, 0.05) is 15.7 Å². The maximum atomic E-state index is 11.8. The normalized spacial score (nSPS) is 10.5. The van der Waals surface area contributed by atoms with Crippen molar-refractivity contribution in [2.45, 2.75) is 58.3 Å². The van der Waals surface area contributed by atoms with Gasteiger partial charge in [-0.3, -0.25) is 4.79 Å². The van der Waals surface area contributed by atoms with Crippen LogP contribution in [0, 0.1) is 3.57 Å². The van der Waals surface area contributed by atoms with Gasteiger partial charge < -0.3 is 5.32 Å². The zero-order valence-electron chi connectivity index (χ0n) is 12.5. The molecule has 0 unspecified atom stereocenters. The molecule has 112 valence electrons. The molecule has 0 aliphatic heterocycles. The second-order valence-electron chi connectivity index (χ2n) is 5.24. The second-order valence-corrected chi connectivity index (χ2v) is 6.48. The molecule has 0 aliphatic rings. The average molecular weight is 387 g/mol. The van der Waals surface area contributed by atoms with E-state index < -0.39 is 0 Å². The lowest BCUT2D eigenvalue weighted by atomic mass is 10.1. The van der Waals surface area contributed by atoms with Gasteiger partial charge in [0.05, 0.1) is 0 Å². The summed E-state index contributed by atoms with van der Waals surface area (Å²) in [5.41, 5.74) is 0.755. The number of benzene rings is 1. The standard InChI is InChI=1S/C17H26INO/c1-2-3-4-5-6-7-8-9-14-19-17(20)15-10-12-16(18)13-11-15/h10-13H,2-9,14H2,1H3,(H,19,20). The lowest BCUT2D eigenvalue weighted by Gasteiger charge is -2.05. The van der Waals surface area contributed by atoms with Crippen LogP contribution in [0.1, 0.15) is 68.6 Å². The van der Waals surface area contributed by atoms with Crippen molar-refractivity contribution in [3.63, 3.8) is 0 Å². The summed E-state index contributed by atoms with van der Waals surface area (Å²) in [4.78, 5) is 11.8. The second kappa shape index (κ2) is 11.1. The molecule has 0 fully saturated rings. The highest BCUT2D eigenvalue weighted by atomic mass is 127. The van der Waals surface area contributed by atoms with Gasteiger partial charge in [-0.1, -0.05) is 51.9 Å². The van der Waals surface area contributed by atoms with Gasteiger partial charge in [0.25, 0.3) is 5.91 Å². The minimum atomic E-state index is 0.0457. The largest absolute Gasteiger partial charge is 0.352 e. The van der Waals surface area contributed by atoms with Crippen molar-refractivity contribution in [3.05, 3.63) is 33.4 Å². The molecule has 0 atom stereocenters. The van der Waals surface area contributed by atoms with E-state index in [0.717, 1.165) is 22.1 Å². The maximum absolute atomic E-state index is 11.8. The van der Waals surface area contributed by atoms with Gasteiger partial charge in [-0.2, -0.15) is 0 Å². The SMILES string of the molecule is CCCCCCCCCCNC(=O)c1ccc(I)cc1. The molecule has 1 aromatic rings. The highest BCUT2D eigenvalue weighted by Crippen LogP contribution is 2.09. The molecule has 0 aliphatic carbocycles. The first-order chi connectivity index (χ1) is 9.74. The van der Waals surface area contributed by atoms with Crippen molar-refractivity contribution in [2.24, 2.45) is 0 Å². The number of carbonyl (C=O) groups excluding carboxylic acids is 1. The number of nitrogens with one attached hydrogen (secondary N) is 1. The monoisotopic (exact) mass is 387 g/mol. The fourth-order valence-electron chi connectivity index (χ4n) is 2.16. The Kier molecular flexibility index (Phi) is 9.71. The predicted molar refractivity (Wildman–Crippen MR) is 94.1 cm³/mol. The van der Waals surface area contributed by atoms with Crippen molar-refractivity contribution in [1.29, 1.82) is 0 Å². The van der Waals surface area contributed by atoms with E-state index >= 15 is 0 Å². The zero-order valence-corrected chi connectivity index (χ0v) is 14.6. The molecule has 0 bridgehead atoms. The molecular formula is C17H26INO. The van der Waals surface area contributed by atoms with Crippen LogP contribution >= 0.6 is 22.6 Å². The molecule has 0 radical (unpaired) electrons. The molecule has 0 saturated carbocycles. The summed E-state index contributed by atoms with van der Waals surface area (Å²) >= 11 is 2.24. The van der Waals surface area contributed by atoms with Crippen LogP contribution in [0.2, 0.25) is 0 Å². The number of unbranched alkanes of at least 4 members (excludes halogenated alkanes) is 7. The van der Waals surface area contributed by atoms with Gasteiger partial charge in [-0.15, -0.1) is 0 Å². The van der Waals surface area contributed by atoms with Crippen LogP contribution in [0.15, 0.2) is 24.3 Å². The molecule has 0 saturated heterocycles. The molecule has 1 amide bonds. The Hall–Kier alpha value is -0.580. The van der Waals surface area contributed by atoms with Crippen molar-refractivity contribution < 1.29 is 4.79 Å². The Morgan fingerprint density at radius 1 is 0.950 bits per heavy atom. The van der Waals surface area contributed by atoms with E-state index in [1.165, 1.54) is 44.9 Å². The summed E-state index contributed by atoms with van der Waals surface area (Å²) in [5.74, 6) is 0.0457. The van der Waals surface area contributed by atoms with E-state index in [9.17, 15) is 4.79 Å². The van der Waals surface area contributed by atoms with Crippen molar-refractivity contribution in [1.82, 2.24) is 5.32 Å². The van der Waals surface area contributed by atoms with Crippen molar-refractivity contribution in [2.75, 3.05) is 6.54 Å². The van der Waals surface area contributed by atoms with Gasteiger partial charge >= 0.3 is 0 Å². The van der Waals surface area contributed by atoms with Crippen LogP contribution in [0.4, 0.5) is 0 Å². The minimum absolute atomic E-state index is 0.0457. The molecule has 0 aromatic heterocycles. The summed E-state index contributed by atoms with van der Waals surface area (Å²) < 4.78 is 1.15. The molecule has 2 nitrogen and oxygen atoms in total. The average Bonchev–Trinajstić information content (AvgIpc) is 2.46. The Balaban J connectivity index is 2.01. The highest BCUT2D eigenvalue weighted by molar-refractivity contribution is 14.1. The quantitative estimate of drug-likeness (QED) is 0.436. The number of rotatable bonds is 10. The van der Waals surface area contributed by atoms with Crippen LogP contribution in [-0.2, 0) is 0 Å². The van der Waals surface area contributed by atoms with Crippen molar-refractivity contribution >= 4 is 28.5 Å². The van der Waals surface area contributed by atoms with Crippen molar-refractivity contribution in [3.8, 4) is 0 Å². The summed E-state index contributed by atoms with van der Waals surface area (Å²) in [6.45, 7) is 3.04.